The molecule has 0 saturated heterocycles. The number of halogens is 2. The number of thiophene rings is 1. The highest BCUT2D eigenvalue weighted by Crippen LogP contribution is 2.40. The van der Waals surface area contributed by atoms with E-state index in [9.17, 15) is 9.59 Å². The van der Waals surface area contributed by atoms with Crippen molar-refractivity contribution in [1.29, 1.82) is 0 Å². The van der Waals surface area contributed by atoms with Gasteiger partial charge in [-0.05, 0) is 72.2 Å². The standard InChI is InChI=1S/C26H20Cl2N6O3S/c1-2-37-26(36)23-8-7-22(38-23)18-12-19(30-25(18)28)21-6-4-16-9-14(10-24(35)34(16)21)17-11-15(27)3-5-20(17)33-13-29-31-32-33/h3,5,7-11,13,21H,2,4,6,12H2,1H3/t21-/m0/s1. The Morgan fingerprint density at radius 1 is 1.18 bits per heavy atom. The van der Waals surface area contributed by atoms with E-state index in [-0.39, 0.29) is 17.6 Å². The second kappa shape index (κ2) is 9.94. The molecule has 4 aromatic rings. The number of carbonyl (C=O) groups excluding carboxylic acids is 1. The zero-order valence-corrected chi connectivity index (χ0v) is 22.4. The molecule has 2 aliphatic rings. The Morgan fingerprint density at radius 2 is 2.05 bits per heavy atom. The van der Waals surface area contributed by atoms with E-state index in [1.165, 1.54) is 17.7 Å². The number of ether oxygens (including phenoxy) is 1. The van der Waals surface area contributed by atoms with Gasteiger partial charge >= 0.3 is 5.97 Å². The summed E-state index contributed by atoms with van der Waals surface area (Å²) < 4.78 is 8.44. The first-order chi connectivity index (χ1) is 18.4. The Kier molecular flexibility index (Phi) is 6.46. The number of hydrogen-bond donors (Lipinski definition) is 0. The molecule has 0 unspecified atom stereocenters. The van der Waals surface area contributed by atoms with Gasteiger partial charge < -0.3 is 9.30 Å². The van der Waals surface area contributed by atoms with E-state index in [2.05, 4.69) is 20.5 Å². The van der Waals surface area contributed by atoms with Crippen LogP contribution in [0.3, 0.4) is 0 Å². The average molecular weight is 567 g/mol. The molecule has 0 saturated carbocycles. The number of esters is 1. The molecule has 5 heterocycles. The molecule has 12 heteroatoms. The number of tetrazole rings is 1. The van der Waals surface area contributed by atoms with Crippen molar-refractivity contribution < 1.29 is 9.53 Å². The molecule has 1 atom stereocenters. The summed E-state index contributed by atoms with van der Waals surface area (Å²) in [4.78, 5) is 31.6. The van der Waals surface area contributed by atoms with Crippen LogP contribution in [0, 0.1) is 0 Å². The summed E-state index contributed by atoms with van der Waals surface area (Å²) in [5.74, 6) is -0.352. The van der Waals surface area contributed by atoms with Crippen LogP contribution in [0.2, 0.25) is 5.02 Å². The molecule has 0 aliphatic carbocycles. The summed E-state index contributed by atoms with van der Waals surface area (Å²) >= 11 is 14.2. The van der Waals surface area contributed by atoms with Crippen molar-refractivity contribution in [3.8, 4) is 16.8 Å². The summed E-state index contributed by atoms with van der Waals surface area (Å²) in [6, 6.07) is 12.4. The van der Waals surface area contributed by atoms with E-state index in [4.69, 9.17) is 27.9 Å². The van der Waals surface area contributed by atoms with Gasteiger partial charge in [0.15, 0.2) is 0 Å². The summed E-state index contributed by atoms with van der Waals surface area (Å²) in [6.45, 7) is 2.09. The maximum absolute atomic E-state index is 13.5. The Labute approximate surface area is 231 Å². The number of rotatable bonds is 6. The van der Waals surface area contributed by atoms with E-state index in [0.29, 0.717) is 34.5 Å². The Balaban J connectivity index is 1.29. The Bertz CT molecular complexity index is 1690. The molecule has 3 aromatic heterocycles. The minimum absolute atomic E-state index is 0.129. The SMILES string of the molecule is CCOC(=O)c1ccc(C2=C(Cl)N=C([C@@H]3CCc4cc(-c5cc(Cl)ccc5-n5cnnn5)cc(=O)n43)C2)s1. The second-order valence-corrected chi connectivity index (χ2v) is 10.7. The van der Waals surface area contributed by atoms with E-state index >= 15 is 0 Å². The fourth-order valence-corrected chi connectivity index (χ4v) is 6.41. The van der Waals surface area contributed by atoms with Crippen LogP contribution in [0.15, 0.2) is 63.7 Å². The van der Waals surface area contributed by atoms with Crippen LogP contribution < -0.4 is 5.56 Å². The predicted octanol–water partition coefficient (Wildman–Crippen LogP) is 5.32. The van der Waals surface area contributed by atoms with Crippen molar-refractivity contribution in [2.75, 3.05) is 6.61 Å². The van der Waals surface area contributed by atoms with Gasteiger partial charge in [0.05, 0.1) is 18.3 Å². The second-order valence-electron chi connectivity index (χ2n) is 8.85. The Morgan fingerprint density at radius 3 is 2.84 bits per heavy atom. The quantitative estimate of drug-likeness (QED) is 0.231. The molecule has 0 fully saturated rings. The van der Waals surface area contributed by atoms with Gasteiger partial charge in [-0.25, -0.2) is 9.79 Å². The molecule has 0 bridgehead atoms. The number of fused-ring (bicyclic) bond motifs is 1. The summed E-state index contributed by atoms with van der Waals surface area (Å²) in [7, 11) is 0. The predicted molar refractivity (Wildman–Crippen MR) is 146 cm³/mol. The van der Waals surface area contributed by atoms with Gasteiger partial charge in [-0.3, -0.25) is 4.79 Å². The van der Waals surface area contributed by atoms with E-state index in [1.54, 1.807) is 40.4 Å². The highest BCUT2D eigenvalue weighted by Gasteiger charge is 2.32. The topological polar surface area (TPSA) is 104 Å². The van der Waals surface area contributed by atoms with Crippen molar-refractivity contribution in [2.45, 2.75) is 32.2 Å². The normalized spacial score (nSPS) is 16.6. The molecule has 0 amide bonds. The van der Waals surface area contributed by atoms with Gasteiger partial charge in [0.25, 0.3) is 5.56 Å². The lowest BCUT2D eigenvalue weighted by Gasteiger charge is -2.16. The van der Waals surface area contributed by atoms with Crippen LogP contribution in [0.5, 0.6) is 0 Å². The van der Waals surface area contributed by atoms with Crippen LogP contribution in [-0.4, -0.2) is 43.1 Å². The van der Waals surface area contributed by atoms with Crippen molar-refractivity contribution in [3.63, 3.8) is 0 Å². The molecular weight excluding hydrogens is 547 g/mol. The number of nitrogens with zero attached hydrogens (tertiary/aromatic N) is 6. The number of aliphatic imine (C=N–C) groups is 1. The lowest BCUT2D eigenvalue weighted by atomic mass is 10.0. The minimum atomic E-state index is -0.352. The molecular formula is C26H20Cl2N6O3S. The first kappa shape index (κ1) is 24.7. The van der Waals surface area contributed by atoms with Crippen molar-refractivity contribution in [3.05, 3.63) is 84.8 Å². The van der Waals surface area contributed by atoms with E-state index in [0.717, 1.165) is 45.1 Å². The third-order valence-corrected chi connectivity index (χ3v) is 8.29. The van der Waals surface area contributed by atoms with Crippen molar-refractivity contribution in [2.24, 2.45) is 4.99 Å². The number of allylic oxidation sites excluding steroid dienone is 1. The first-order valence-electron chi connectivity index (χ1n) is 11.9. The van der Waals surface area contributed by atoms with Crippen molar-refractivity contribution in [1.82, 2.24) is 24.8 Å². The molecule has 6 rings (SSSR count). The van der Waals surface area contributed by atoms with Gasteiger partial charge in [-0.1, -0.05) is 23.2 Å². The number of aromatic nitrogens is 5. The van der Waals surface area contributed by atoms with Gasteiger partial charge in [0.1, 0.15) is 16.4 Å². The van der Waals surface area contributed by atoms with Gasteiger partial charge in [0, 0.05) is 44.9 Å². The molecule has 0 N–H and O–H groups in total. The maximum Gasteiger partial charge on any atom is 0.348 e. The van der Waals surface area contributed by atoms with Crippen LogP contribution in [0.25, 0.3) is 22.4 Å². The number of aryl methyl sites for hydroxylation is 1. The molecule has 0 radical (unpaired) electrons. The van der Waals surface area contributed by atoms with Gasteiger partial charge in [0.2, 0.25) is 0 Å². The van der Waals surface area contributed by atoms with E-state index in [1.807, 2.05) is 18.2 Å². The summed E-state index contributed by atoms with van der Waals surface area (Å²) in [6.07, 6.45) is 3.46. The number of hydrogen-bond acceptors (Lipinski definition) is 8. The molecule has 0 spiro atoms. The molecule has 2 aliphatic heterocycles. The molecule has 1 aromatic carbocycles. The van der Waals surface area contributed by atoms with Crippen LogP contribution >= 0.6 is 34.5 Å². The highest BCUT2D eigenvalue weighted by molar-refractivity contribution is 7.15. The maximum atomic E-state index is 13.5. The lowest BCUT2D eigenvalue weighted by Crippen LogP contribution is -2.27. The lowest BCUT2D eigenvalue weighted by molar-refractivity contribution is 0.0532. The van der Waals surface area contributed by atoms with Crippen LogP contribution in [0.1, 0.15) is 46.0 Å². The summed E-state index contributed by atoms with van der Waals surface area (Å²) in [5.41, 5.74) is 4.69. The zero-order chi connectivity index (χ0) is 26.4. The molecule has 192 valence electrons. The van der Waals surface area contributed by atoms with E-state index < -0.39 is 0 Å². The minimum Gasteiger partial charge on any atom is -0.462 e. The molecule has 9 nitrogen and oxygen atoms in total. The molecule has 38 heavy (non-hydrogen) atoms. The first-order valence-corrected chi connectivity index (χ1v) is 13.5. The largest absolute Gasteiger partial charge is 0.462 e. The fourth-order valence-electron chi connectivity index (χ4n) is 4.96. The van der Waals surface area contributed by atoms with Crippen LogP contribution in [0.4, 0.5) is 0 Å². The number of pyridine rings is 1. The average Bonchev–Trinajstić information content (AvgIpc) is 3.70. The Hall–Kier alpha value is -3.60. The number of carbonyl (C=O) groups is 1. The summed E-state index contributed by atoms with van der Waals surface area (Å²) in [5, 5.41) is 12.4. The third kappa shape index (κ3) is 4.38. The number of benzene rings is 1. The zero-order valence-electron chi connectivity index (χ0n) is 20.1. The van der Waals surface area contributed by atoms with Crippen molar-refractivity contribution >= 4 is 51.8 Å². The van der Waals surface area contributed by atoms with Gasteiger partial charge in [-0.15, -0.1) is 16.4 Å². The van der Waals surface area contributed by atoms with Crippen LogP contribution in [-0.2, 0) is 11.2 Å². The fraction of sp³-hybridized carbons (Fsp3) is 0.231. The smallest absolute Gasteiger partial charge is 0.348 e. The van der Waals surface area contributed by atoms with Gasteiger partial charge in [-0.2, -0.15) is 4.68 Å². The highest BCUT2D eigenvalue weighted by atomic mass is 35.5. The monoisotopic (exact) mass is 566 g/mol. The third-order valence-electron chi connectivity index (χ3n) is 6.61.